The Labute approximate surface area is 237 Å². The van der Waals surface area contributed by atoms with Gasteiger partial charge in [-0.2, -0.15) is 0 Å². The van der Waals surface area contributed by atoms with Gasteiger partial charge in [-0.15, -0.1) is 11.8 Å². The molecule has 1 atom stereocenters. The molecule has 2 amide bonds. The maximum absolute atomic E-state index is 14.1. The lowest BCUT2D eigenvalue weighted by atomic mass is 10.0. The van der Waals surface area contributed by atoms with E-state index < -0.39 is 6.04 Å². The van der Waals surface area contributed by atoms with Crippen LogP contribution >= 0.6 is 35.0 Å². The Kier molecular flexibility index (Phi) is 10.5. The van der Waals surface area contributed by atoms with Crippen LogP contribution in [-0.4, -0.2) is 34.6 Å². The zero-order chi connectivity index (χ0) is 26.9. The average Bonchev–Trinajstić information content (AvgIpc) is 3.42. The van der Waals surface area contributed by atoms with E-state index in [1.54, 1.807) is 41.3 Å². The van der Waals surface area contributed by atoms with Crippen LogP contribution in [0, 0.1) is 5.82 Å². The first kappa shape index (κ1) is 28.5. The van der Waals surface area contributed by atoms with Crippen molar-refractivity contribution in [1.82, 2.24) is 10.2 Å². The number of amides is 2. The lowest BCUT2D eigenvalue weighted by Crippen LogP contribution is -2.52. The van der Waals surface area contributed by atoms with E-state index in [1.807, 2.05) is 30.3 Å². The second-order valence-corrected chi connectivity index (χ2v) is 11.4. The number of halogens is 3. The number of hydrogen-bond acceptors (Lipinski definition) is 3. The third kappa shape index (κ3) is 7.98. The lowest BCUT2D eigenvalue weighted by Gasteiger charge is -2.32. The first-order chi connectivity index (χ1) is 18.4. The minimum atomic E-state index is -0.730. The van der Waals surface area contributed by atoms with Gasteiger partial charge in [-0.3, -0.25) is 9.59 Å². The van der Waals surface area contributed by atoms with Crippen molar-refractivity contribution in [2.24, 2.45) is 0 Å². The van der Waals surface area contributed by atoms with Crippen molar-refractivity contribution in [1.29, 1.82) is 0 Å². The fraction of sp³-hybridized carbons (Fsp3) is 0.333. The van der Waals surface area contributed by atoms with Gasteiger partial charge in [0.05, 0.1) is 5.75 Å². The van der Waals surface area contributed by atoms with E-state index >= 15 is 0 Å². The number of benzene rings is 3. The molecule has 0 radical (unpaired) electrons. The smallest absolute Gasteiger partial charge is 0.243 e. The van der Waals surface area contributed by atoms with Crippen molar-refractivity contribution in [3.63, 3.8) is 0 Å². The molecule has 1 saturated carbocycles. The molecular weight excluding hydrogens is 542 g/mol. The number of nitrogens with one attached hydrogen (secondary N) is 1. The van der Waals surface area contributed by atoms with E-state index in [2.05, 4.69) is 5.32 Å². The molecule has 0 saturated heterocycles. The minimum absolute atomic E-state index is 0.0988. The molecule has 0 aliphatic heterocycles. The highest BCUT2D eigenvalue weighted by Crippen LogP contribution is 2.26. The Bertz CT molecular complexity index is 1240. The number of rotatable bonds is 11. The summed E-state index contributed by atoms with van der Waals surface area (Å²) in [7, 11) is 0. The summed E-state index contributed by atoms with van der Waals surface area (Å²) in [5, 5.41) is 4.12. The zero-order valence-electron chi connectivity index (χ0n) is 21.0. The first-order valence-corrected chi connectivity index (χ1v) is 14.7. The summed E-state index contributed by atoms with van der Waals surface area (Å²) in [5.74, 6) is -0.221. The van der Waals surface area contributed by atoms with Crippen LogP contribution in [0.2, 0.25) is 10.0 Å². The van der Waals surface area contributed by atoms with Crippen LogP contribution in [0.1, 0.15) is 42.4 Å². The molecule has 8 heteroatoms. The van der Waals surface area contributed by atoms with Crippen LogP contribution < -0.4 is 5.32 Å². The highest BCUT2D eigenvalue weighted by Gasteiger charge is 2.32. The van der Waals surface area contributed by atoms with Gasteiger partial charge >= 0.3 is 0 Å². The van der Waals surface area contributed by atoms with Crippen molar-refractivity contribution in [3.8, 4) is 0 Å². The predicted octanol–water partition coefficient (Wildman–Crippen LogP) is 7.06. The lowest BCUT2D eigenvalue weighted by molar-refractivity contribution is -0.139. The molecule has 3 aromatic rings. The van der Waals surface area contributed by atoms with Gasteiger partial charge in [0, 0.05) is 34.8 Å². The second-order valence-electron chi connectivity index (χ2n) is 9.54. The predicted molar refractivity (Wildman–Crippen MR) is 154 cm³/mol. The molecule has 4 nitrogen and oxygen atoms in total. The summed E-state index contributed by atoms with van der Waals surface area (Å²) < 4.78 is 14.1. The van der Waals surface area contributed by atoms with Crippen LogP contribution in [0.5, 0.6) is 0 Å². The Balaban J connectivity index is 1.59. The van der Waals surface area contributed by atoms with Crippen LogP contribution in [0.25, 0.3) is 0 Å². The maximum Gasteiger partial charge on any atom is 0.243 e. The van der Waals surface area contributed by atoms with E-state index in [0.717, 1.165) is 31.2 Å². The fourth-order valence-corrected chi connectivity index (χ4v) is 6.07. The molecule has 0 heterocycles. The highest BCUT2D eigenvalue weighted by atomic mass is 35.5. The quantitative estimate of drug-likeness (QED) is 0.267. The molecular formula is C30H31Cl2FN2O2S. The molecule has 1 unspecified atom stereocenters. The summed E-state index contributed by atoms with van der Waals surface area (Å²) in [6, 6.07) is 20.8. The van der Waals surface area contributed by atoms with Crippen molar-refractivity contribution < 1.29 is 14.0 Å². The van der Waals surface area contributed by atoms with Gasteiger partial charge in [0.25, 0.3) is 0 Å². The van der Waals surface area contributed by atoms with Crippen molar-refractivity contribution in [2.75, 3.05) is 5.75 Å². The number of carbonyl (C=O) groups is 2. The number of thioether (sulfide) groups is 1. The van der Waals surface area contributed by atoms with Gasteiger partial charge in [-0.05, 0) is 47.7 Å². The third-order valence-corrected chi connectivity index (χ3v) is 8.32. The summed E-state index contributed by atoms with van der Waals surface area (Å²) in [6.45, 7) is 0.157. The van der Waals surface area contributed by atoms with Gasteiger partial charge < -0.3 is 10.2 Å². The molecule has 3 aromatic carbocycles. The SMILES string of the molecule is O=C(NC1CCCC1)C(Cc1ccccc1)N(Cc1ccc(Cl)cc1Cl)C(=O)CSCc1ccccc1F. The van der Waals surface area contributed by atoms with Crippen molar-refractivity contribution in [2.45, 2.75) is 56.5 Å². The first-order valence-electron chi connectivity index (χ1n) is 12.8. The van der Waals surface area contributed by atoms with Gasteiger partial charge in [0.2, 0.25) is 11.8 Å². The molecule has 0 aromatic heterocycles. The summed E-state index contributed by atoms with van der Waals surface area (Å²) in [4.78, 5) is 29.1. The molecule has 1 aliphatic rings. The monoisotopic (exact) mass is 572 g/mol. The van der Waals surface area contributed by atoms with Crippen LogP contribution in [0.4, 0.5) is 4.39 Å². The Hall–Kier alpha value is -2.54. The molecule has 1 fully saturated rings. The van der Waals surface area contributed by atoms with Gasteiger partial charge in [0.15, 0.2) is 0 Å². The Morgan fingerprint density at radius 3 is 2.39 bits per heavy atom. The fourth-order valence-electron chi connectivity index (χ4n) is 4.70. The van der Waals surface area contributed by atoms with Gasteiger partial charge in [-0.25, -0.2) is 4.39 Å². The molecule has 0 bridgehead atoms. The van der Waals surface area contributed by atoms with Crippen LogP contribution in [0.15, 0.2) is 72.8 Å². The number of carbonyl (C=O) groups excluding carboxylic acids is 2. The third-order valence-electron chi connectivity index (χ3n) is 6.77. The molecule has 4 rings (SSSR count). The van der Waals surface area contributed by atoms with E-state index in [-0.39, 0.29) is 36.0 Å². The van der Waals surface area contributed by atoms with Gasteiger partial charge in [0.1, 0.15) is 11.9 Å². The molecule has 200 valence electrons. The normalized spacial score (nSPS) is 14.3. The van der Waals surface area contributed by atoms with Crippen molar-refractivity contribution in [3.05, 3.63) is 105 Å². The topological polar surface area (TPSA) is 49.4 Å². The van der Waals surface area contributed by atoms with Crippen LogP contribution in [0.3, 0.4) is 0 Å². The summed E-state index contributed by atoms with van der Waals surface area (Å²) in [6.07, 6.45) is 4.43. The Morgan fingerprint density at radius 1 is 0.974 bits per heavy atom. The largest absolute Gasteiger partial charge is 0.352 e. The summed E-state index contributed by atoms with van der Waals surface area (Å²) in [5.41, 5.74) is 2.20. The van der Waals surface area contributed by atoms with E-state index in [1.165, 1.54) is 17.8 Å². The second kappa shape index (κ2) is 14.0. The number of nitrogens with zero attached hydrogens (tertiary/aromatic N) is 1. The molecule has 1 aliphatic carbocycles. The average molecular weight is 574 g/mol. The standard InChI is InChI=1S/C30H31Cl2FN2O2S/c31-24-15-14-22(26(32)17-24)18-35(29(36)20-38-19-23-10-4-7-13-27(23)33)28(16-21-8-2-1-3-9-21)30(37)34-25-11-5-6-12-25/h1-4,7-10,13-15,17,25,28H,5-6,11-12,16,18-20H2,(H,34,37). The van der Waals surface area contributed by atoms with Crippen LogP contribution in [-0.2, 0) is 28.3 Å². The summed E-state index contributed by atoms with van der Waals surface area (Å²) >= 11 is 13.9. The Morgan fingerprint density at radius 2 is 1.68 bits per heavy atom. The number of hydrogen-bond donors (Lipinski definition) is 1. The maximum atomic E-state index is 14.1. The van der Waals surface area contributed by atoms with Gasteiger partial charge in [-0.1, -0.05) is 90.6 Å². The van der Waals surface area contributed by atoms with E-state index in [0.29, 0.717) is 33.3 Å². The van der Waals surface area contributed by atoms with E-state index in [9.17, 15) is 14.0 Å². The highest BCUT2D eigenvalue weighted by molar-refractivity contribution is 7.99. The zero-order valence-corrected chi connectivity index (χ0v) is 23.4. The molecule has 0 spiro atoms. The van der Waals surface area contributed by atoms with Crippen molar-refractivity contribution >= 4 is 46.8 Å². The molecule has 38 heavy (non-hydrogen) atoms. The van der Waals surface area contributed by atoms with E-state index in [4.69, 9.17) is 23.2 Å². The minimum Gasteiger partial charge on any atom is -0.352 e. The molecule has 1 N–H and O–H groups in total.